The molecule has 1 aliphatic carbocycles. The van der Waals surface area contributed by atoms with E-state index in [1.165, 1.54) is 12.8 Å². The van der Waals surface area contributed by atoms with Crippen LogP contribution in [0.15, 0.2) is 0 Å². The van der Waals surface area contributed by atoms with Gasteiger partial charge in [-0.2, -0.15) is 0 Å². The Morgan fingerprint density at radius 2 is 1.79 bits per heavy atom. The molecule has 0 unspecified atom stereocenters. The summed E-state index contributed by atoms with van der Waals surface area (Å²) in [5.74, 6) is -0.638. The number of hydrogen-bond acceptors (Lipinski definition) is 4. The van der Waals surface area contributed by atoms with Gasteiger partial charge in [0.05, 0.1) is 5.41 Å². The Bertz CT molecular complexity index is 330. The molecule has 3 aliphatic rings. The predicted molar refractivity (Wildman–Crippen MR) is 71.2 cm³/mol. The van der Waals surface area contributed by atoms with Crippen molar-refractivity contribution < 1.29 is 14.6 Å². The zero-order valence-corrected chi connectivity index (χ0v) is 11.5. The molecule has 0 bridgehead atoms. The summed E-state index contributed by atoms with van der Waals surface area (Å²) in [5, 5.41) is 9.58. The number of nitrogens with zero attached hydrogens (tertiary/aromatic N) is 2. The largest absolute Gasteiger partial charge is 0.481 e. The van der Waals surface area contributed by atoms with E-state index in [9.17, 15) is 9.90 Å². The van der Waals surface area contributed by atoms with Crippen molar-refractivity contribution in [2.45, 2.75) is 31.7 Å². The van der Waals surface area contributed by atoms with Gasteiger partial charge in [-0.1, -0.05) is 0 Å². The van der Waals surface area contributed by atoms with E-state index in [2.05, 4.69) is 9.80 Å². The highest BCUT2D eigenvalue weighted by Gasteiger charge is 2.42. The monoisotopic (exact) mass is 268 g/mol. The third kappa shape index (κ3) is 2.93. The first kappa shape index (κ1) is 13.3. The van der Waals surface area contributed by atoms with Gasteiger partial charge in [-0.3, -0.25) is 14.6 Å². The maximum atomic E-state index is 11.6. The van der Waals surface area contributed by atoms with Crippen molar-refractivity contribution in [3.05, 3.63) is 0 Å². The zero-order valence-electron chi connectivity index (χ0n) is 11.5. The molecule has 2 heterocycles. The van der Waals surface area contributed by atoms with Crippen LogP contribution in [-0.4, -0.2) is 72.9 Å². The molecule has 0 amide bonds. The summed E-state index contributed by atoms with van der Waals surface area (Å²) in [7, 11) is 0. The van der Waals surface area contributed by atoms with E-state index in [1.807, 2.05) is 0 Å². The quantitative estimate of drug-likeness (QED) is 0.811. The van der Waals surface area contributed by atoms with E-state index < -0.39 is 11.4 Å². The number of carboxylic acids is 1. The van der Waals surface area contributed by atoms with Crippen LogP contribution in [0, 0.1) is 5.41 Å². The minimum Gasteiger partial charge on any atom is -0.481 e. The van der Waals surface area contributed by atoms with E-state index >= 15 is 0 Å². The number of rotatable bonds is 4. The summed E-state index contributed by atoms with van der Waals surface area (Å²) in [6.07, 6.45) is 4.03. The highest BCUT2D eigenvalue weighted by atomic mass is 16.5. The average molecular weight is 268 g/mol. The van der Waals surface area contributed by atoms with Gasteiger partial charge < -0.3 is 9.84 Å². The van der Waals surface area contributed by atoms with E-state index in [1.54, 1.807) is 0 Å². The molecular formula is C14H24N2O3. The first-order chi connectivity index (χ1) is 9.20. The summed E-state index contributed by atoms with van der Waals surface area (Å²) in [4.78, 5) is 16.5. The molecule has 0 radical (unpaired) electrons. The topological polar surface area (TPSA) is 53.0 Å². The van der Waals surface area contributed by atoms with Crippen molar-refractivity contribution in [2.75, 3.05) is 45.9 Å². The number of aliphatic carboxylic acids is 1. The molecule has 2 saturated heterocycles. The molecule has 5 heteroatoms. The highest BCUT2D eigenvalue weighted by Crippen LogP contribution is 2.33. The summed E-state index contributed by atoms with van der Waals surface area (Å²) >= 11 is 0. The number of carbonyl (C=O) groups is 1. The van der Waals surface area contributed by atoms with Crippen molar-refractivity contribution in [1.29, 1.82) is 0 Å². The molecule has 0 aromatic carbocycles. The van der Waals surface area contributed by atoms with Crippen LogP contribution in [0.5, 0.6) is 0 Å². The van der Waals surface area contributed by atoms with Crippen LogP contribution in [0.1, 0.15) is 25.7 Å². The SMILES string of the molecule is O=C(O)C1(CN2CCN(C3CC3)CC2)CCOCC1. The lowest BCUT2D eigenvalue weighted by Crippen LogP contribution is -2.53. The Morgan fingerprint density at radius 3 is 2.32 bits per heavy atom. The normalized spacial score (nSPS) is 29.3. The Morgan fingerprint density at radius 1 is 1.16 bits per heavy atom. The van der Waals surface area contributed by atoms with Gasteiger partial charge >= 0.3 is 5.97 Å². The Hall–Kier alpha value is -0.650. The van der Waals surface area contributed by atoms with Gasteiger partial charge in [0.15, 0.2) is 0 Å². The molecule has 1 N–H and O–H groups in total. The fourth-order valence-corrected chi connectivity index (χ4v) is 3.36. The van der Waals surface area contributed by atoms with Crippen molar-refractivity contribution in [2.24, 2.45) is 5.41 Å². The van der Waals surface area contributed by atoms with Crippen LogP contribution >= 0.6 is 0 Å². The second-order valence-electron chi connectivity index (χ2n) is 6.24. The van der Waals surface area contributed by atoms with Gasteiger partial charge in [0.25, 0.3) is 0 Å². The van der Waals surface area contributed by atoms with Gasteiger partial charge in [-0.05, 0) is 25.7 Å². The fourth-order valence-electron chi connectivity index (χ4n) is 3.36. The van der Waals surface area contributed by atoms with Crippen LogP contribution in [-0.2, 0) is 9.53 Å². The summed E-state index contributed by atoms with van der Waals surface area (Å²) < 4.78 is 5.33. The van der Waals surface area contributed by atoms with Crippen LogP contribution < -0.4 is 0 Å². The fraction of sp³-hybridized carbons (Fsp3) is 0.929. The van der Waals surface area contributed by atoms with E-state index in [-0.39, 0.29) is 0 Å². The molecular weight excluding hydrogens is 244 g/mol. The van der Waals surface area contributed by atoms with E-state index in [0.29, 0.717) is 32.6 Å². The number of hydrogen-bond donors (Lipinski definition) is 1. The second kappa shape index (κ2) is 5.38. The Labute approximate surface area is 114 Å². The minimum absolute atomic E-state index is 0.569. The summed E-state index contributed by atoms with van der Waals surface area (Å²) in [6.45, 7) is 6.14. The number of carboxylic acid groups (broad SMARTS) is 1. The van der Waals surface area contributed by atoms with E-state index in [0.717, 1.165) is 32.2 Å². The zero-order chi connectivity index (χ0) is 13.3. The van der Waals surface area contributed by atoms with Crippen LogP contribution in [0.4, 0.5) is 0 Å². The second-order valence-corrected chi connectivity index (χ2v) is 6.24. The van der Waals surface area contributed by atoms with E-state index in [4.69, 9.17) is 4.74 Å². The smallest absolute Gasteiger partial charge is 0.311 e. The maximum Gasteiger partial charge on any atom is 0.311 e. The van der Waals surface area contributed by atoms with Crippen molar-refractivity contribution in [3.8, 4) is 0 Å². The van der Waals surface area contributed by atoms with Crippen molar-refractivity contribution >= 4 is 5.97 Å². The lowest BCUT2D eigenvalue weighted by molar-refractivity contribution is -0.157. The molecule has 0 spiro atoms. The van der Waals surface area contributed by atoms with Gasteiger partial charge in [-0.25, -0.2) is 0 Å². The third-order valence-electron chi connectivity index (χ3n) is 4.90. The predicted octanol–water partition coefficient (Wildman–Crippen LogP) is 0.648. The molecule has 0 atom stereocenters. The lowest BCUT2D eigenvalue weighted by Gasteiger charge is -2.41. The molecule has 2 aliphatic heterocycles. The lowest BCUT2D eigenvalue weighted by atomic mass is 9.79. The number of ether oxygens (including phenoxy) is 1. The van der Waals surface area contributed by atoms with Gasteiger partial charge in [0.2, 0.25) is 0 Å². The van der Waals surface area contributed by atoms with Crippen LogP contribution in [0.3, 0.4) is 0 Å². The third-order valence-corrected chi connectivity index (χ3v) is 4.90. The molecule has 1 saturated carbocycles. The summed E-state index contributed by atoms with van der Waals surface area (Å²) in [5.41, 5.74) is -0.569. The molecule has 3 fully saturated rings. The van der Waals surface area contributed by atoms with Crippen LogP contribution in [0.2, 0.25) is 0 Å². The van der Waals surface area contributed by atoms with Gasteiger partial charge in [0, 0.05) is 52.0 Å². The Balaban J connectivity index is 1.55. The summed E-state index contributed by atoms with van der Waals surface area (Å²) in [6, 6.07) is 0.832. The first-order valence-corrected chi connectivity index (χ1v) is 7.47. The average Bonchev–Trinajstić information content (AvgIpc) is 3.25. The molecule has 0 aromatic rings. The maximum absolute atomic E-state index is 11.6. The molecule has 19 heavy (non-hydrogen) atoms. The number of piperazine rings is 1. The van der Waals surface area contributed by atoms with Crippen molar-refractivity contribution in [3.63, 3.8) is 0 Å². The highest BCUT2D eigenvalue weighted by molar-refractivity contribution is 5.75. The van der Waals surface area contributed by atoms with Crippen molar-refractivity contribution in [1.82, 2.24) is 9.80 Å². The standard InChI is InChI=1S/C14H24N2O3/c17-13(18)14(3-9-19-10-4-14)11-15-5-7-16(8-6-15)12-1-2-12/h12H,1-11H2,(H,17,18). The first-order valence-electron chi connectivity index (χ1n) is 7.47. The molecule has 3 rings (SSSR count). The van der Waals surface area contributed by atoms with Gasteiger partial charge in [0.1, 0.15) is 0 Å². The molecule has 5 nitrogen and oxygen atoms in total. The Kier molecular flexibility index (Phi) is 3.78. The minimum atomic E-state index is -0.638. The van der Waals surface area contributed by atoms with Gasteiger partial charge in [-0.15, -0.1) is 0 Å². The molecule has 0 aromatic heterocycles. The molecule has 108 valence electrons. The van der Waals surface area contributed by atoms with Crippen LogP contribution in [0.25, 0.3) is 0 Å².